The van der Waals surface area contributed by atoms with Gasteiger partial charge in [0.05, 0.1) is 37.3 Å². The number of aromatic nitrogens is 1. The lowest BCUT2D eigenvalue weighted by molar-refractivity contribution is -0.114. The maximum atomic E-state index is 14.3. The van der Waals surface area contributed by atoms with Gasteiger partial charge in [0.15, 0.2) is 23.1 Å². The zero-order valence-corrected chi connectivity index (χ0v) is 41.6. The van der Waals surface area contributed by atoms with Gasteiger partial charge in [-0.1, -0.05) is 88.3 Å². The summed E-state index contributed by atoms with van der Waals surface area (Å²) < 4.78 is 6.18. The van der Waals surface area contributed by atoms with E-state index in [9.17, 15) is 35.1 Å². The molecule has 11 nitrogen and oxygen atoms in total. The second kappa shape index (κ2) is 19.7. The van der Waals surface area contributed by atoms with E-state index in [0.717, 1.165) is 59.2 Å². The molecule has 0 amide bonds. The van der Waals surface area contributed by atoms with Crippen LogP contribution >= 0.6 is 21.6 Å². The fourth-order valence-corrected chi connectivity index (χ4v) is 15.6. The van der Waals surface area contributed by atoms with Crippen LogP contribution < -0.4 is 16.2 Å². The first-order valence-corrected chi connectivity index (χ1v) is 27.5. The van der Waals surface area contributed by atoms with Crippen molar-refractivity contribution in [2.75, 3.05) is 19.0 Å². The third-order valence-corrected chi connectivity index (χ3v) is 19.3. The Hall–Kier alpha value is -5.22. The topological polar surface area (TPSA) is 212 Å². The second-order valence-corrected chi connectivity index (χ2v) is 23.8. The number of aliphatic hydroxyl groups is 3. The van der Waals surface area contributed by atoms with Crippen LogP contribution in [0, 0.1) is 45.3 Å². The average Bonchev–Trinajstić information content (AvgIpc) is 4.05. The predicted octanol–water partition coefficient (Wildman–Crippen LogP) is 8.38. The van der Waals surface area contributed by atoms with Crippen molar-refractivity contribution in [3.63, 3.8) is 0 Å². The Kier molecular flexibility index (Phi) is 13.7. The number of aliphatic hydroxyl groups excluding tert-OH is 2. The zero-order valence-electron chi connectivity index (χ0n) is 40.0. The van der Waals surface area contributed by atoms with E-state index in [2.05, 4.69) is 46.9 Å². The highest BCUT2D eigenvalue weighted by molar-refractivity contribution is 8.76. The number of aryl methyl sites for hydroxylation is 1. The van der Waals surface area contributed by atoms with Crippen LogP contribution in [0.4, 0.5) is 0 Å². The van der Waals surface area contributed by atoms with Crippen LogP contribution in [-0.4, -0.2) is 72.8 Å². The third kappa shape index (κ3) is 9.64. The summed E-state index contributed by atoms with van der Waals surface area (Å²) in [4.78, 5) is 31.4. The van der Waals surface area contributed by atoms with E-state index in [0.29, 0.717) is 85.3 Å². The molecule has 5 aliphatic carbocycles. The summed E-state index contributed by atoms with van der Waals surface area (Å²) in [5.74, 6) is 14.7. The number of nitrogens with one attached hydrogen (secondary N) is 1. The van der Waals surface area contributed by atoms with Crippen molar-refractivity contribution < 1.29 is 39.9 Å². The summed E-state index contributed by atoms with van der Waals surface area (Å²) in [5, 5.41) is 56.8. The fourth-order valence-electron chi connectivity index (χ4n) is 12.8. The van der Waals surface area contributed by atoms with Crippen LogP contribution in [0.5, 0.6) is 17.2 Å². The number of ether oxygens (including phenoxy) is 1. The van der Waals surface area contributed by atoms with Gasteiger partial charge in [0.1, 0.15) is 11.4 Å². The van der Waals surface area contributed by atoms with E-state index < -0.39 is 40.0 Å². The standard InChI is InChI=1S/C58H63N3O8S2/c59-53(60)44-28-39-4-1-5-47-42(13-24-61-47)50(66)30-45-43(39)29-40(44)32-70-71-36-55-15-2-16-56-17-3-18-57(56,34-58(68,35-62)23-22-56)21-20-54(33-55,31-52(55)67)19-12-41(63)9-6-37-8-11-49(65)51(27-37)69-25-14-38-7-10-48(64)46(45)26-38/h7-8,10-13,19,22-24,26-29,45,52-53,61-62,64-65,67-68H,3,5-6,9,14-15,17-18,20-21,25,30-36,59-60H2/b19-12+. The highest BCUT2D eigenvalue weighted by Gasteiger charge is 2.60. The molecule has 3 aromatic carbocycles. The Labute approximate surface area is 423 Å². The van der Waals surface area contributed by atoms with Gasteiger partial charge in [0.25, 0.3) is 0 Å². The summed E-state index contributed by atoms with van der Waals surface area (Å²) >= 11 is 0. The van der Waals surface area contributed by atoms with Crippen molar-refractivity contribution >= 4 is 33.2 Å². The number of aromatic hydroxyl groups is 2. The Morgan fingerprint density at radius 3 is 2.54 bits per heavy atom. The zero-order chi connectivity index (χ0) is 49.6. The number of carbonyl (C=O) groups is 2. The van der Waals surface area contributed by atoms with Gasteiger partial charge < -0.3 is 46.7 Å². The number of H-pyrrole nitrogens is 1. The van der Waals surface area contributed by atoms with Gasteiger partial charge >= 0.3 is 0 Å². The van der Waals surface area contributed by atoms with Gasteiger partial charge in [0.2, 0.25) is 0 Å². The van der Waals surface area contributed by atoms with Crippen molar-refractivity contribution in [2.45, 2.75) is 119 Å². The molecule has 2 saturated carbocycles. The van der Waals surface area contributed by atoms with Crippen LogP contribution in [0.1, 0.15) is 138 Å². The molecule has 1 aromatic heterocycles. The molecule has 0 saturated heterocycles. The molecule has 6 aliphatic rings. The minimum atomic E-state index is -1.34. The molecule has 13 heteroatoms. The fraction of sp³-hybridized carbons (Fsp3) is 0.448. The molecule has 370 valence electrons. The molecule has 10 N–H and O–H groups in total. The second-order valence-electron chi connectivity index (χ2n) is 21.3. The molecular weight excluding hydrogens is 931 g/mol. The Balaban J connectivity index is 1.06. The average molecular weight is 994 g/mol. The largest absolute Gasteiger partial charge is 0.508 e. The number of fused-ring (bicyclic) bond motifs is 7. The number of carbonyl (C=O) groups excluding carboxylic acids is 2. The van der Waals surface area contributed by atoms with E-state index in [4.69, 9.17) is 16.2 Å². The van der Waals surface area contributed by atoms with Crippen LogP contribution in [0.25, 0.3) is 0 Å². The minimum Gasteiger partial charge on any atom is -0.508 e. The molecular formula is C58H63N3O8S2. The molecule has 0 radical (unpaired) electrons. The molecule has 7 unspecified atom stereocenters. The maximum Gasteiger partial charge on any atom is 0.165 e. The number of phenolic OH excluding ortho intramolecular Hbond substituents is 2. The van der Waals surface area contributed by atoms with Crippen molar-refractivity contribution in [2.24, 2.45) is 33.1 Å². The predicted molar refractivity (Wildman–Crippen MR) is 278 cm³/mol. The number of nitrogens with two attached hydrogens (primary N) is 2. The Morgan fingerprint density at radius 2 is 1.70 bits per heavy atom. The van der Waals surface area contributed by atoms with Gasteiger partial charge in [-0.2, -0.15) is 0 Å². The summed E-state index contributed by atoms with van der Waals surface area (Å²) in [6.07, 6.45) is 15.3. The number of allylic oxidation sites excluding steroid dienone is 3. The molecule has 2 fully saturated rings. The maximum absolute atomic E-state index is 14.3. The van der Waals surface area contributed by atoms with Crippen LogP contribution in [0.2, 0.25) is 0 Å². The smallest absolute Gasteiger partial charge is 0.165 e. The molecule has 2 heterocycles. The monoisotopic (exact) mass is 993 g/mol. The summed E-state index contributed by atoms with van der Waals surface area (Å²) in [6.45, 7) is -0.165. The number of Topliss-reactive ketones (excluding diaryl/α,β-unsaturated/α-hetero) is 1. The first-order valence-electron chi connectivity index (χ1n) is 25.0. The molecule has 8 bridgehead atoms. The van der Waals surface area contributed by atoms with Crippen LogP contribution in [0.15, 0.2) is 85.1 Å². The third-order valence-electron chi connectivity index (χ3n) is 16.8. The molecule has 71 heavy (non-hydrogen) atoms. The van der Waals surface area contributed by atoms with Gasteiger partial charge in [0, 0.05) is 77.1 Å². The quantitative estimate of drug-likeness (QED) is 0.0412. The first-order chi connectivity index (χ1) is 34.2. The normalized spacial score (nSPS) is 31.2. The van der Waals surface area contributed by atoms with Gasteiger partial charge in [-0.3, -0.25) is 9.59 Å². The number of ketones is 2. The van der Waals surface area contributed by atoms with E-state index in [1.165, 1.54) is 0 Å². The first kappa shape index (κ1) is 49.4. The number of phenols is 2. The lowest BCUT2D eigenvalue weighted by Crippen LogP contribution is -2.49. The molecule has 7 atom stereocenters. The molecule has 10 rings (SSSR count). The van der Waals surface area contributed by atoms with Crippen molar-refractivity contribution in [3.05, 3.63) is 135 Å². The van der Waals surface area contributed by atoms with Crippen molar-refractivity contribution in [1.29, 1.82) is 0 Å². The minimum absolute atomic E-state index is 0.0195. The number of benzene rings is 3. The van der Waals surface area contributed by atoms with Crippen molar-refractivity contribution in [3.8, 4) is 40.9 Å². The lowest BCUT2D eigenvalue weighted by Gasteiger charge is -2.50. The van der Waals surface area contributed by atoms with Gasteiger partial charge in [-0.25, -0.2) is 0 Å². The Morgan fingerprint density at radius 1 is 0.873 bits per heavy atom. The SMILES string of the molecule is NC(N)c1cc2c3cc1CSSCC14CC#CC56C=CC(O)(CO)CC5(CCC6)CCC(/C=C/C(=O)CCc5ccc(O)c(c5)OCCc5ccc(O)c(c5)C3CC(=O)c3cc[nH]c3CC#C2)(CC1O)C4. The van der Waals surface area contributed by atoms with Crippen LogP contribution in [0.3, 0.4) is 0 Å². The van der Waals surface area contributed by atoms with Crippen LogP contribution in [-0.2, 0) is 29.8 Å². The van der Waals surface area contributed by atoms with Gasteiger partial charge in [-0.15, -0.1) is 5.92 Å². The van der Waals surface area contributed by atoms with Crippen molar-refractivity contribution in [1.82, 2.24) is 4.98 Å². The number of rotatable bonds is 2. The summed E-state index contributed by atoms with van der Waals surface area (Å²) in [5.41, 5.74) is 16.4. The van der Waals surface area contributed by atoms with E-state index >= 15 is 0 Å². The van der Waals surface area contributed by atoms with E-state index in [1.807, 2.05) is 18.2 Å². The summed E-state index contributed by atoms with van der Waals surface area (Å²) in [7, 11) is 3.31. The molecule has 4 aromatic rings. The lowest BCUT2D eigenvalue weighted by atomic mass is 9.54. The van der Waals surface area contributed by atoms with E-state index in [-0.39, 0.29) is 54.5 Å². The van der Waals surface area contributed by atoms with E-state index in [1.54, 1.807) is 70.3 Å². The molecule has 0 spiro atoms. The highest BCUT2D eigenvalue weighted by atomic mass is 33.1. The number of aromatic amines is 1. The number of hydrogen-bond acceptors (Lipinski definition) is 12. The Bertz CT molecular complexity index is 2940. The molecule has 1 aliphatic heterocycles. The number of hydrogen-bond donors (Lipinski definition) is 8. The summed E-state index contributed by atoms with van der Waals surface area (Å²) in [6, 6.07) is 16.3. The van der Waals surface area contributed by atoms with Gasteiger partial charge in [-0.05, 0) is 126 Å². The highest BCUT2D eigenvalue weighted by Crippen LogP contribution is 2.66.